The summed E-state index contributed by atoms with van der Waals surface area (Å²) in [6.07, 6.45) is 8.25. The fourth-order valence-electron chi connectivity index (χ4n) is 3.49. The quantitative estimate of drug-likeness (QED) is 0.708. The molecule has 5 heteroatoms. The second-order valence-electron chi connectivity index (χ2n) is 6.99. The second kappa shape index (κ2) is 7.76. The largest absolute Gasteiger partial charge is 0.508 e. The van der Waals surface area contributed by atoms with E-state index in [2.05, 4.69) is 10.00 Å². The lowest BCUT2D eigenvalue weighted by Gasteiger charge is -2.14. The molecule has 4 rings (SSSR count). The van der Waals surface area contributed by atoms with Crippen LogP contribution >= 0.6 is 0 Å². The summed E-state index contributed by atoms with van der Waals surface area (Å²) < 4.78 is 1.58. The van der Waals surface area contributed by atoms with Crippen LogP contribution in [0.4, 0.5) is 0 Å². The van der Waals surface area contributed by atoms with Crippen LogP contribution in [0.1, 0.15) is 24.0 Å². The van der Waals surface area contributed by atoms with Gasteiger partial charge in [-0.3, -0.25) is 4.79 Å². The van der Waals surface area contributed by atoms with E-state index < -0.39 is 0 Å². The molecule has 0 unspecified atom stereocenters. The van der Waals surface area contributed by atoms with Gasteiger partial charge in [-0.15, -0.1) is 0 Å². The predicted molar refractivity (Wildman–Crippen MR) is 109 cm³/mol. The molecule has 1 N–H and O–H groups in total. The van der Waals surface area contributed by atoms with E-state index in [0.29, 0.717) is 11.9 Å². The average Bonchev–Trinajstić information content (AvgIpc) is 3.21. The molecule has 1 saturated heterocycles. The van der Waals surface area contributed by atoms with E-state index >= 15 is 0 Å². The molecule has 1 aliphatic heterocycles. The molecule has 0 radical (unpaired) electrons. The molecule has 5 nitrogen and oxygen atoms in total. The van der Waals surface area contributed by atoms with E-state index in [1.54, 1.807) is 23.0 Å². The number of hydrogen-bond acceptors (Lipinski definition) is 4. The molecular weight excluding hydrogens is 338 g/mol. The highest BCUT2D eigenvalue weighted by Gasteiger charge is 2.12. The smallest absolute Gasteiger partial charge is 0.274 e. The number of aromatic nitrogens is 2. The summed E-state index contributed by atoms with van der Waals surface area (Å²) in [6.45, 7) is 3.77. The predicted octanol–water partition coefficient (Wildman–Crippen LogP) is 3.37. The van der Waals surface area contributed by atoms with Crippen LogP contribution in [0.2, 0.25) is 0 Å². The van der Waals surface area contributed by atoms with E-state index in [9.17, 15) is 9.90 Å². The van der Waals surface area contributed by atoms with Crippen molar-refractivity contribution in [3.63, 3.8) is 0 Å². The van der Waals surface area contributed by atoms with E-state index in [1.165, 1.54) is 12.8 Å². The van der Waals surface area contributed by atoms with Crippen molar-refractivity contribution < 1.29 is 5.11 Å². The van der Waals surface area contributed by atoms with Crippen LogP contribution in [-0.4, -0.2) is 39.4 Å². The first-order chi connectivity index (χ1) is 13.2. The van der Waals surface area contributed by atoms with Crippen molar-refractivity contribution in [3.05, 3.63) is 70.1 Å². The molecule has 1 aromatic heterocycles. The summed E-state index contributed by atoms with van der Waals surface area (Å²) in [6, 6.07) is 12.8. The summed E-state index contributed by atoms with van der Waals surface area (Å²) >= 11 is 0. The van der Waals surface area contributed by atoms with Crippen molar-refractivity contribution in [2.75, 3.05) is 19.6 Å². The molecule has 3 aromatic rings. The third-order valence-electron chi connectivity index (χ3n) is 5.06. The van der Waals surface area contributed by atoms with E-state index in [-0.39, 0.29) is 11.3 Å². The number of phenolic OH excluding ortho intramolecular Hbond substituents is 1. The van der Waals surface area contributed by atoms with Gasteiger partial charge in [0.15, 0.2) is 0 Å². The molecule has 0 atom stereocenters. The second-order valence-corrected chi connectivity index (χ2v) is 6.99. The topological polar surface area (TPSA) is 58.4 Å². The normalized spacial score (nSPS) is 15.1. The summed E-state index contributed by atoms with van der Waals surface area (Å²) in [5, 5.41) is 15.3. The van der Waals surface area contributed by atoms with Crippen LogP contribution < -0.4 is 5.56 Å². The van der Waals surface area contributed by atoms with Crippen molar-refractivity contribution in [1.29, 1.82) is 0 Å². The van der Waals surface area contributed by atoms with Gasteiger partial charge < -0.3 is 10.0 Å². The molecule has 0 spiro atoms. The van der Waals surface area contributed by atoms with Crippen LogP contribution in [-0.2, 0) is 6.54 Å². The van der Waals surface area contributed by atoms with Crippen molar-refractivity contribution in [2.24, 2.45) is 0 Å². The lowest BCUT2D eigenvalue weighted by atomic mass is 10.1. The summed E-state index contributed by atoms with van der Waals surface area (Å²) in [4.78, 5) is 15.1. The minimum Gasteiger partial charge on any atom is -0.508 e. The van der Waals surface area contributed by atoms with Gasteiger partial charge in [0.25, 0.3) is 5.56 Å². The van der Waals surface area contributed by atoms with Gasteiger partial charge in [-0.05, 0) is 61.3 Å². The minimum atomic E-state index is -0.0271. The van der Waals surface area contributed by atoms with Gasteiger partial charge in [0.05, 0.1) is 18.1 Å². The number of nitrogens with zero attached hydrogens (tertiary/aromatic N) is 3. The zero-order chi connectivity index (χ0) is 18.6. The zero-order valence-corrected chi connectivity index (χ0v) is 15.2. The minimum absolute atomic E-state index is 0.0271. The number of rotatable bonds is 5. The van der Waals surface area contributed by atoms with Gasteiger partial charge in [0, 0.05) is 11.9 Å². The molecule has 2 aromatic carbocycles. The highest BCUT2D eigenvalue weighted by atomic mass is 16.3. The number of likely N-dealkylation sites (tertiary alicyclic amines) is 1. The van der Waals surface area contributed by atoms with Crippen molar-refractivity contribution in [1.82, 2.24) is 14.7 Å². The molecule has 0 saturated carbocycles. The number of phenols is 1. The lowest BCUT2D eigenvalue weighted by Crippen LogP contribution is -2.30. The first kappa shape index (κ1) is 17.5. The standard InChI is InChI=1S/C22H23N3O2/c26-20-8-5-17(6-9-20)3-4-18-7-10-21-19(15-18)16-23-25(22(21)27)14-13-24-11-1-2-12-24/h3-10,15-16,26H,1-2,11-14H2. The Balaban J connectivity index is 1.53. The van der Waals surface area contributed by atoms with Crippen LogP contribution in [0.15, 0.2) is 53.5 Å². The Morgan fingerprint density at radius 2 is 1.67 bits per heavy atom. The fraction of sp³-hybridized carbons (Fsp3) is 0.273. The molecule has 27 heavy (non-hydrogen) atoms. The Bertz CT molecular complexity index is 1020. The summed E-state index contributed by atoms with van der Waals surface area (Å²) in [7, 11) is 0. The first-order valence-electron chi connectivity index (χ1n) is 9.38. The third kappa shape index (κ3) is 4.09. The molecule has 0 bridgehead atoms. The van der Waals surface area contributed by atoms with Gasteiger partial charge >= 0.3 is 0 Å². The lowest BCUT2D eigenvalue weighted by molar-refractivity contribution is 0.313. The first-order valence-corrected chi connectivity index (χ1v) is 9.38. The molecule has 0 amide bonds. The van der Waals surface area contributed by atoms with Crippen molar-refractivity contribution in [3.8, 4) is 5.75 Å². The highest BCUT2D eigenvalue weighted by molar-refractivity contribution is 5.84. The van der Waals surface area contributed by atoms with Crippen molar-refractivity contribution >= 4 is 22.9 Å². The van der Waals surface area contributed by atoms with Crippen molar-refractivity contribution in [2.45, 2.75) is 19.4 Å². The van der Waals surface area contributed by atoms with Gasteiger partial charge in [-0.1, -0.05) is 30.4 Å². The highest BCUT2D eigenvalue weighted by Crippen LogP contribution is 2.16. The number of aromatic hydroxyl groups is 1. The Labute approximate surface area is 158 Å². The van der Waals surface area contributed by atoms with Gasteiger partial charge in [0.2, 0.25) is 0 Å². The average molecular weight is 361 g/mol. The van der Waals surface area contributed by atoms with Gasteiger partial charge in [-0.2, -0.15) is 5.10 Å². The molecule has 0 aliphatic carbocycles. The maximum atomic E-state index is 12.7. The van der Waals surface area contributed by atoms with E-state index in [0.717, 1.165) is 36.1 Å². The van der Waals surface area contributed by atoms with Gasteiger partial charge in [-0.25, -0.2) is 4.68 Å². The molecule has 2 heterocycles. The van der Waals surface area contributed by atoms with Gasteiger partial charge in [0.1, 0.15) is 5.75 Å². The van der Waals surface area contributed by atoms with E-state index in [1.807, 2.05) is 42.5 Å². The Morgan fingerprint density at radius 3 is 2.44 bits per heavy atom. The maximum Gasteiger partial charge on any atom is 0.274 e. The number of hydrogen-bond donors (Lipinski definition) is 1. The fourth-order valence-corrected chi connectivity index (χ4v) is 3.49. The van der Waals surface area contributed by atoms with Crippen LogP contribution in [0, 0.1) is 0 Å². The molecule has 138 valence electrons. The van der Waals surface area contributed by atoms with E-state index in [4.69, 9.17) is 0 Å². The Kier molecular flexibility index (Phi) is 5.03. The summed E-state index contributed by atoms with van der Waals surface area (Å²) in [5.74, 6) is 0.255. The zero-order valence-electron chi connectivity index (χ0n) is 15.2. The van der Waals surface area contributed by atoms with Crippen LogP contribution in [0.25, 0.3) is 22.9 Å². The third-order valence-corrected chi connectivity index (χ3v) is 5.06. The molecule has 1 aliphatic rings. The Morgan fingerprint density at radius 1 is 0.963 bits per heavy atom. The number of benzene rings is 2. The molecule has 1 fully saturated rings. The van der Waals surface area contributed by atoms with Crippen LogP contribution in [0.3, 0.4) is 0 Å². The molecular formula is C22H23N3O2. The summed E-state index contributed by atoms with van der Waals surface area (Å²) in [5.41, 5.74) is 1.98. The monoisotopic (exact) mass is 361 g/mol. The SMILES string of the molecule is O=c1c2ccc(C=Cc3ccc(O)cc3)cc2cnn1CCN1CCCC1. The Hall–Kier alpha value is -2.92. The van der Waals surface area contributed by atoms with Crippen LogP contribution in [0.5, 0.6) is 5.75 Å². The maximum absolute atomic E-state index is 12.7. The number of fused-ring (bicyclic) bond motifs is 1.